The van der Waals surface area contributed by atoms with Crippen LogP contribution in [0.1, 0.15) is 15.2 Å². The summed E-state index contributed by atoms with van der Waals surface area (Å²) in [5.74, 6) is 1.73. The maximum atomic E-state index is 12.7. The van der Waals surface area contributed by atoms with Gasteiger partial charge in [-0.2, -0.15) is 0 Å². The van der Waals surface area contributed by atoms with E-state index in [9.17, 15) is 4.79 Å². The number of thiophene rings is 1. The first kappa shape index (κ1) is 19.4. The molecule has 0 radical (unpaired) electrons. The molecule has 0 unspecified atom stereocenters. The number of hydrogen-bond donors (Lipinski definition) is 1. The molecule has 1 amide bonds. The first-order chi connectivity index (χ1) is 13.7. The van der Waals surface area contributed by atoms with E-state index in [1.165, 1.54) is 21.9 Å². The fourth-order valence-corrected chi connectivity index (χ4v) is 5.51. The largest absolute Gasteiger partial charge is 0.496 e. The Bertz CT molecular complexity index is 1010. The fraction of sp³-hybridized carbons (Fsp3) is 0.190. The van der Waals surface area contributed by atoms with Gasteiger partial charge in [0.25, 0.3) is 5.91 Å². The van der Waals surface area contributed by atoms with Crippen molar-refractivity contribution in [3.8, 4) is 5.75 Å². The van der Waals surface area contributed by atoms with Crippen molar-refractivity contribution in [1.82, 2.24) is 5.32 Å². The highest BCUT2D eigenvalue weighted by atomic mass is 79.9. The number of hydrogen-bond acceptors (Lipinski definition) is 5. The second-order valence-corrected chi connectivity index (χ2v) is 9.36. The maximum Gasteiger partial charge on any atom is 0.261 e. The normalized spacial score (nSPS) is 13.1. The van der Waals surface area contributed by atoms with E-state index in [2.05, 4.69) is 50.4 Å². The van der Waals surface area contributed by atoms with Gasteiger partial charge in [-0.25, -0.2) is 0 Å². The molecule has 2 heterocycles. The molecule has 1 N–H and O–H groups in total. The molecule has 0 spiro atoms. The lowest BCUT2D eigenvalue weighted by atomic mass is 10.2. The predicted octanol–water partition coefficient (Wildman–Crippen LogP) is 5.69. The van der Waals surface area contributed by atoms with E-state index in [0.717, 1.165) is 33.1 Å². The van der Waals surface area contributed by atoms with E-state index in [1.54, 1.807) is 7.11 Å². The molecule has 2 aromatic carbocycles. The Labute approximate surface area is 181 Å². The number of para-hydroxylation sites is 1. The van der Waals surface area contributed by atoms with Crippen LogP contribution in [0.5, 0.6) is 5.75 Å². The molecule has 28 heavy (non-hydrogen) atoms. The van der Waals surface area contributed by atoms with Crippen LogP contribution in [0.25, 0.3) is 0 Å². The molecule has 1 aliphatic heterocycles. The summed E-state index contributed by atoms with van der Waals surface area (Å²) in [4.78, 5) is 17.0. The van der Waals surface area contributed by atoms with Crippen molar-refractivity contribution < 1.29 is 9.53 Å². The number of halogens is 1. The summed E-state index contributed by atoms with van der Waals surface area (Å²) in [5, 5.41) is 4.10. The first-order valence-electron chi connectivity index (χ1n) is 8.85. The lowest BCUT2D eigenvalue weighted by Crippen LogP contribution is -2.23. The second kappa shape index (κ2) is 8.59. The van der Waals surface area contributed by atoms with Crippen LogP contribution >= 0.6 is 39.0 Å². The molecule has 144 valence electrons. The van der Waals surface area contributed by atoms with Gasteiger partial charge in [0.1, 0.15) is 5.75 Å². The zero-order valence-corrected chi connectivity index (χ0v) is 18.5. The number of carbonyl (C=O) groups is 1. The number of rotatable bonds is 5. The Balaban J connectivity index is 1.48. The summed E-state index contributed by atoms with van der Waals surface area (Å²) >= 11 is 6.87. The number of thioether (sulfide) groups is 1. The number of nitrogens with one attached hydrogen (secondary N) is 1. The monoisotopic (exact) mass is 474 g/mol. The quantitative estimate of drug-likeness (QED) is 0.515. The van der Waals surface area contributed by atoms with Gasteiger partial charge < -0.3 is 15.0 Å². The molecule has 7 heteroatoms. The van der Waals surface area contributed by atoms with Crippen molar-refractivity contribution in [2.75, 3.05) is 24.3 Å². The van der Waals surface area contributed by atoms with Gasteiger partial charge in [0.05, 0.1) is 22.7 Å². The Hall–Kier alpha value is -1.96. The fourth-order valence-electron chi connectivity index (χ4n) is 3.14. The molecular weight excluding hydrogens is 456 g/mol. The zero-order chi connectivity index (χ0) is 19.5. The van der Waals surface area contributed by atoms with Crippen LogP contribution in [0.4, 0.5) is 10.7 Å². The molecule has 0 bridgehead atoms. The molecule has 4 rings (SSSR count). The lowest BCUT2D eigenvalue weighted by molar-refractivity contribution is 0.0954. The summed E-state index contributed by atoms with van der Waals surface area (Å²) in [6.07, 6.45) is 0. The Morgan fingerprint density at radius 1 is 1.21 bits per heavy atom. The summed E-state index contributed by atoms with van der Waals surface area (Å²) < 4.78 is 6.33. The number of nitrogens with zero attached hydrogens (tertiary/aromatic N) is 1. The van der Waals surface area contributed by atoms with Crippen LogP contribution in [0.2, 0.25) is 0 Å². The van der Waals surface area contributed by atoms with Crippen LogP contribution < -0.4 is 15.0 Å². The van der Waals surface area contributed by atoms with Crippen molar-refractivity contribution in [3.05, 3.63) is 69.5 Å². The van der Waals surface area contributed by atoms with Gasteiger partial charge in [0.2, 0.25) is 0 Å². The highest BCUT2D eigenvalue weighted by Gasteiger charge is 2.21. The molecule has 1 aliphatic rings. The van der Waals surface area contributed by atoms with E-state index in [0.29, 0.717) is 11.4 Å². The molecule has 0 atom stereocenters. The van der Waals surface area contributed by atoms with Crippen molar-refractivity contribution in [3.63, 3.8) is 0 Å². The standard InChI is InChI=1S/C21H19BrN2O2S2/c1-26-17-7-6-15(22)12-14(17)13-23-21(25)19-8-9-20(28-19)24-10-11-27-18-5-3-2-4-16(18)24/h2-9,12H,10-11,13H2,1H3,(H,23,25). The van der Waals surface area contributed by atoms with Crippen LogP contribution in [0, 0.1) is 0 Å². The smallest absolute Gasteiger partial charge is 0.261 e. The summed E-state index contributed by atoms with van der Waals surface area (Å²) in [6, 6.07) is 18.1. The van der Waals surface area contributed by atoms with Crippen molar-refractivity contribution in [2.24, 2.45) is 0 Å². The molecule has 1 aromatic heterocycles. The SMILES string of the molecule is COc1ccc(Br)cc1CNC(=O)c1ccc(N2CCSc3ccccc32)s1. The highest BCUT2D eigenvalue weighted by molar-refractivity contribution is 9.10. The Morgan fingerprint density at radius 2 is 2.07 bits per heavy atom. The van der Waals surface area contributed by atoms with Gasteiger partial charge in [-0.3, -0.25) is 4.79 Å². The molecule has 0 aliphatic carbocycles. The van der Waals surface area contributed by atoms with E-state index < -0.39 is 0 Å². The van der Waals surface area contributed by atoms with Crippen LogP contribution in [0.15, 0.2) is 64.0 Å². The molecule has 4 nitrogen and oxygen atoms in total. The molecular formula is C21H19BrN2O2S2. The number of ether oxygens (including phenoxy) is 1. The van der Waals surface area contributed by atoms with Gasteiger partial charge in [-0.15, -0.1) is 23.1 Å². The zero-order valence-electron chi connectivity index (χ0n) is 15.3. The number of methoxy groups -OCH3 is 1. The lowest BCUT2D eigenvalue weighted by Gasteiger charge is -2.29. The summed E-state index contributed by atoms with van der Waals surface area (Å²) in [7, 11) is 1.63. The van der Waals surface area contributed by atoms with Gasteiger partial charge >= 0.3 is 0 Å². The minimum absolute atomic E-state index is 0.0713. The minimum atomic E-state index is -0.0713. The second-order valence-electron chi connectivity index (χ2n) is 6.24. The molecule has 0 fully saturated rings. The van der Waals surface area contributed by atoms with Gasteiger partial charge in [-0.1, -0.05) is 28.1 Å². The maximum absolute atomic E-state index is 12.7. The minimum Gasteiger partial charge on any atom is -0.496 e. The van der Waals surface area contributed by atoms with Crippen molar-refractivity contribution >= 4 is 55.6 Å². The third-order valence-corrected chi connectivity index (χ3v) is 7.14. The van der Waals surface area contributed by atoms with Crippen LogP contribution in [0.3, 0.4) is 0 Å². The molecule has 0 saturated heterocycles. The average molecular weight is 475 g/mol. The van der Waals surface area contributed by atoms with E-state index in [4.69, 9.17) is 4.74 Å². The summed E-state index contributed by atoms with van der Waals surface area (Å²) in [5.41, 5.74) is 2.15. The average Bonchev–Trinajstić information content (AvgIpc) is 3.22. The third kappa shape index (κ3) is 4.06. The predicted molar refractivity (Wildman–Crippen MR) is 120 cm³/mol. The molecule has 0 saturated carbocycles. The van der Waals surface area contributed by atoms with E-state index in [1.807, 2.05) is 42.1 Å². The van der Waals surface area contributed by atoms with Crippen molar-refractivity contribution in [2.45, 2.75) is 11.4 Å². The Kier molecular flexibility index (Phi) is 5.94. The van der Waals surface area contributed by atoms with Crippen molar-refractivity contribution in [1.29, 1.82) is 0 Å². The third-order valence-electron chi connectivity index (χ3n) is 4.49. The topological polar surface area (TPSA) is 41.6 Å². The van der Waals surface area contributed by atoms with Gasteiger partial charge in [0.15, 0.2) is 0 Å². The van der Waals surface area contributed by atoms with Crippen LogP contribution in [-0.2, 0) is 6.54 Å². The molecule has 3 aromatic rings. The Morgan fingerprint density at radius 3 is 2.93 bits per heavy atom. The summed E-state index contributed by atoms with van der Waals surface area (Å²) in [6.45, 7) is 1.36. The van der Waals surface area contributed by atoms with E-state index in [-0.39, 0.29) is 5.91 Å². The van der Waals surface area contributed by atoms with E-state index >= 15 is 0 Å². The first-order valence-corrected chi connectivity index (χ1v) is 11.4. The van der Waals surface area contributed by atoms with Gasteiger partial charge in [0, 0.05) is 33.8 Å². The number of benzene rings is 2. The number of carbonyl (C=O) groups excluding carboxylic acids is 1. The van der Waals surface area contributed by atoms with Gasteiger partial charge in [-0.05, 0) is 42.5 Å². The van der Waals surface area contributed by atoms with Crippen LogP contribution in [-0.4, -0.2) is 25.3 Å². The highest BCUT2D eigenvalue weighted by Crippen LogP contribution is 2.41. The number of fused-ring (bicyclic) bond motifs is 1. The number of amides is 1. The number of anilines is 2.